The predicted octanol–water partition coefficient (Wildman–Crippen LogP) is 2.08. The van der Waals surface area contributed by atoms with Gasteiger partial charge in [-0.2, -0.15) is 0 Å². The zero-order valence-corrected chi connectivity index (χ0v) is 13.1. The molecule has 2 amide bonds. The lowest BCUT2D eigenvalue weighted by Crippen LogP contribution is -2.34. The highest BCUT2D eigenvalue weighted by atomic mass is 16.5. The molecule has 2 atom stereocenters. The van der Waals surface area contributed by atoms with Crippen molar-refractivity contribution in [2.45, 2.75) is 19.3 Å². The maximum Gasteiger partial charge on any atom is 0.249 e. The number of hydrogen-bond donors (Lipinski definition) is 1. The van der Waals surface area contributed by atoms with Crippen molar-refractivity contribution in [3.8, 4) is 0 Å². The van der Waals surface area contributed by atoms with Gasteiger partial charge in [0.15, 0.2) is 0 Å². The number of fused-ring (bicyclic) bond motifs is 1. The minimum absolute atomic E-state index is 0.0145. The zero-order valence-electron chi connectivity index (χ0n) is 13.1. The van der Waals surface area contributed by atoms with Gasteiger partial charge in [0.05, 0.1) is 12.3 Å². The Hall–Kier alpha value is -2.27. The summed E-state index contributed by atoms with van der Waals surface area (Å²) in [6, 6.07) is 0. The van der Waals surface area contributed by atoms with Gasteiger partial charge in [0.2, 0.25) is 11.8 Å². The molecular weight excluding hydrogens is 292 g/mol. The average Bonchev–Trinajstić information content (AvgIpc) is 2.55. The third-order valence-corrected chi connectivity index (χ3v) is 4.25. The van der Waals surface area contributed by atoms with Crippen molar-refractivity contribution in [2.24, 2.45) is 16.8 Å². The molecule has 0 aromatic rings. The molecule has 0 saturated heterocycles. The minimum Gasteiger partial charge on any atom is -0.380 e. The number of aliphatic imine (C=N–C) groups is 1. The fraction of sp³-hybridized carbons (Fsp3) is 0.389. The Labute approximate surface area is 135 Å². The number of nitrogens with one attached hydrogen (secondary N) is 1. The largest absolute Gasteiger partial charge is 0.380 e. The first-order valence-corrected chi connectivity index (χ1v) is 7.85. The lowest BCUT2D eigenvalue weighted by atomic mass is 9.88. The van der Waals surface area contributed by atoms with Gasteiger partial charge in [-0.25, -0.2) is 4.99 Å². The predicted molar refractivity (Wildman–Crippen MR) is 87.7 cm³/mol. The van der Waals surface area contributed by atoms with Crippen LogP contribution in [-0.2, 0) is 14.3 Å². The SMILES string of the molecule is COCC1=CC(=O)NC2=CC(=NC(=O)C3CC=CCC3)C=CC12. The molecule has 1 N–H and O–H groups in total. The summed E-state index contributed by atoms with van der Waals surface area (Å²) in [4.78, 5) is 28.2. The minimum atomic E-state index is -0.169. The number of methoxy groups -OCH3 is 1. The van der Waals surface area contributed by atoms with Crippen LogP contribution >= 0.6 is 0 Å². The Morgan fingerprint density at radius 1 is 1.39 bits per heavy atom. The van der Waals surface area contributed by atoms with Crippen molar-refractivity contribution in [3.63, 3.8) is 0 Å². The average molecular weight is 312 g/mol. The van der Waals surface area contributed by atoms with Gasteiger partial charge in [0, 0.05) is 30.7 Å². The molecule has 2 unspecified atom stereocenters. The lowest BCUT2D eigenvalue weighted by molar-refractivity contribution is -0.121. The molecule has 3 aliphatic rings. The molecule has 0 radical (unpaired) electrons. The van der Waals surface area contributed by atoms with E-state index in [2.05, 4.69) is 16.4 Å². The summed E-state index contributed by atoms with van der Waals surface area (Å²) < 4.78 is 5.15. The molecule has 5 heteroatoms. The molecule has 2 aliphatic carbocycles. The highest BCUT2D eigenvalue weighted by molar-refractivity contribution is 6.11. The molecular formula is C18H20N2O3. The van der Waals surface area contributed by atoms with Gasteiger partial charge < -0.3 is 10.1 Å². The van der Waals surface area contributed by atoms with Crippen LogP contribution in [0.4, 0.5) is 0 Å². The third-order valence-electron chi connectivity index (χ3n) is 4.25. The van der Waals surface area contributed by atoms with E-state index in [-0.39, 0.29) is 23.7 Å². The number of rotatable bonds is 3. The first-order chi connectivity index (χ1) is 11.2. The second kappa shape index (κ2) is 6.87. The van der Waals surface area contributed by atoms with E-state index in [1.807, 2.05) is 18.2 Å². The fourth-order valence-corrected chi connectivity index (χ4v) is 3.07. The van der Waals surface area contributed by atoms with E-state index < -0.39 is 0 Å². The van der Waals surface area contributed by atoms with Crippen molar-refractivity contribution < 1.29 is 14.3 Å². The summed E-state index contributed by atoms with van der Waals surface area (Å²) in [5, 5.41) is 2.83. The standard InChI is InChI=1S/C18H20N2O3/c1-23-11-13-9-17(21)20-16-10-14(7-8-15(13)16)19-18(22)12-5-3-2-4-6-12/h2-3,7-10,12,15H,4-6,11H2,1H3,(H,20,21). The van der Waals surface area contributed by atoms with Crippen LogP contribution in [0.3, 0.4) is 0 Å². The van der Waals surface area contributed by atoms with Gasteiger partial charge in [-0.15, -0.1) is 0 Å². The molecule has 0 fully saturated rings. The first kappa shape index (κ1) is 15.6. The molecule has 23 heavy (non-hydrogen) atoms. The van der Waals surface area contributed by atoms with Crippen LogP contribution in [0.1, 0.15) is 19.3 Å². The van der Waals surface area contributed by atoms with E-state index in [1.54, 1.807) is 19.3 Å². The molecule has 0 aromatic heterocycles. The van der Waals surface area contributed by atoms with Crippen molar-refractivity contribution in [2.75, 3.05) is 13.7 Å². The number of hydrogen-bond acceptors (Lipinski definition) is 3. The molecule has 0 bridgehead atoms. The Bertz CT molecular complexity index is 668. The topological polar surface area (TPSA) is 67.8 Å². The zero-order chi connectivity index (χ0) is 16.2. The second-order valence-electron chi connectivity index (χ2n) is 5.93. The number of nitrogens with zero attached hydrogens (tertiary/aromatic N) is 1. The molecule has 3 rings (SSSR count). The molecule has 1 aliphatic heterocycles. The van der Waals surface area contributed by atoms with Crippen LogP contribution in [-0.4, -0.2) is 31.2 Å². The van der Waals surface area contributed by atoms with Crippen LogP contribution in [0.5, 0.6) is 0 Å². The van der Waals surface area contributed by atoms with Crippen LogP contribution in [0.2, 0.25) is 0 Å². The van der Waals surface area contributed by atoms with Gasteiger partial charge in [0.1, 0.15) is 0 Å². The van der Waals surface area contributed by atoms with Crippen molar-refractivity contribution in [1.29, 1.82) is 0 Å². The van der Waals surface area contributed by atoms with Gasteiger partial charge in [0.25, 0.3) is 0 Å². The molecule has 0 aromatic carbocycles. The lowest BCUT2D eigenvalue weighted by Gasteiger charge is -2.27. The van der Waals surface area contributed by atoms with Crippen molar-refractivity contribution in [3.05, 3.63) is 47.7 Å². The van der Waals surface area contributed by atoms with E-state index in [0.717, 1.165) is 30.5 Å². The van der Waals surface area contributed by atoms with Crippen LogP contribution in [0.25, 0.3) is 0 Å². The number of ether oxygens (including phenoxy) is 1. The fourth-order valence-electron chi connectivity index (χ4n) is 3.07. The summed E-state index contributed by atoms with van der Waals surface area (Å²) >= 11 is 0. The van der Waals surface area contributed by atoms with Gasteiger partial charge >= 0.3 is 0 Å². The highest BCUT2D eigenvalue weighted by Crippen LogP contribution is 2.27. The molecule has 5 nitrogen and oxygen atoms in total. The highest BCUT2D eigenvalue weighted by Gasteiger charge is 2.26. The maximum atomic E-state index is 12.3. The van der Waals surface area contributed by atoms with E-state index in [1.165, 1.54) is 0 Å². The molecule has 120 valence electrons. The van der Waals surface area contributed by atoms with Crippen LogP contribution in [0.15, 0.2) is 52.7 Å². The number of amides is 2. The van der Waals surface area contributed by atoms with Crippen LogP contribution in [0, 0.1) is 11.8 Å². The summed E-state index contributed by atoms with van der Waals surface area (Å²) in [5.41, 5.74) is 2.25. The monoisotopic (exact) mass is 312 g/mol. The quantitative estimate of drug-likeness (QED) is 0.811. The summed E-state index contributed by atoms with van der Waals surface area (Å²) in [6.07, 6.45) is 13.8. The van der Waals surface area contributed by atoms with Crippen molar-refractivity contribution in [1.82, 2.24) is 5.32 Å². The van der Waals surface area contributed by atoms with Gasteiger partial charge in [-0.1, -0.05) is 18.2 Å². The first-order valence-electron chi connectivity index (χ1n) is 7.85. The summed E-state index contributed by atoms with van der Waals surface area (Å²) in [5.74, 6) is -0.293. The summed E-state index contributed by atoms with van der Waals surface area (Å²) in [7, 11) is 1.60. The molecule has 0 spiro atoms. The smallest absolute Gasteiger partial charge is 0.249 e. The van der Waals surface area contributed by atoms with Crippen LogP contribution < -0.4 is 5.32 Å². The number of allylic oxidation sites excluding steroid dienone is 5. The van der Waals surface area contributed by atoms with E-state index in [0.29, 0.717) is 12.3 Å². The third kappa shape index (κ3) is 3.56. The number of carbonyl (C=O) groups is 2. The second-order valence-corrected chi connectivity index (χ2v) is 5.93. The molecule has 1 heterocycles. The Morgan fingerprint density at radius 2 is 2.26 bits per heavy atom. The Balaban J connectivity index is 1.78. The van der Waals surface area contributed by atoms with Crippen molar-refractivity contribution >= 4 is 17.5 Å². The van der Waals surface area contributed by atoms with E-state index in [4.69, 9.17) is 4.74 Å². The molecule has 0 saturated carbocycles. The van der Waals surface area contributed by atoms with E-state index >= 15 is 0 Å². The summed E-state index contributed by atoms with van der Waals surface area (Å²) in [6.45, 7) is 0.402. The normalized spacial score (nSPS) is 28.0. The maximum absolute atomic E-state index is 12.3. The Kier molecular flexibility index (Phi) is 4.67. The van der Waals surface area contributed by atoms with Gasteiger partial charge in [-0.3, -0.25) is 9.59 Å². The van der Waals surface area contributed by atoms with E-state index in [9.17, 15) is 9.59 Å². The Morgan fingerprint density at radius 3 is 3.00 bits per heavy atom. The number of carbonyl (C=O) groups excluding carboxylic acids is 2. The van der Waals surface area contributed by atoms with Gasteiger partial charge in [-0.05, 0) is 37.0 Å².